The van der Waals surface area contributed by atoms with Crippen molar-refractivity contribution < 1.29 is 4.79 Å². The van der Waals surface area contributed by atoms with Crippen molar-refractivity contribution in [2.24, 2.45) is 11.8 Å². The molecule has 2 unspecified atom stereocenters. The number of hydrogen-bond acceptors (Lipinski definition) is 4. The fraction of sp³-hybridized carbons (Fsp3) is 0.650. The SMILES string of the molecule is CC(CC(=O)Nc1ccccc1CN1CCSCC1)C1CCCNC1.Cl.Cl. The van der Waals surface area contributed by atoms with Crippen LogP contribution in [0.4, 0.5) is 5.69 Å². The van der Waals surface area contributed by atoms with Crippen LogP contribution in [0.3, 0.4) is 0 Å². The van der Waals surface area contributed by atoms with Gasteiger partial charge >= 0.3 is 0 Å². The molecule has 0 aliphatic carbocycles. The Balaban J connectivity index is 0.00000182. The Labute approximate surface area is 180 Å². The highest BCUT2D eigenvalue weighted by molar-refractivity contribution is 7.99. The zero-order valence-corrected chi connectivity index (χ0v) is 18.6. The number of piperidine rings is 1. The summed E-state index contributed by atoms with van der Waals surface area (Å²) in [6.07, 6.45) is 3.08. The average molecular weight is 434 g/mol. The number of rotatable bonds is 6. The lowest BCUT2D eigenvalue weighted by Gasteiger charge is -2.28. The first-order valence-corrected chi connectivity index (χ1v) is 10.8. The Morgan fingerprint density at radius 3 is 2.74 bits per heavy atom. The third-order valence-electron chi connectivity index (χ3n) is 5.44. The molecule has 3 rings (SSSR count). The van der Waals surface area contributed by atoms with E-state index < -0.39 is 0 Å². The van der Waals surface area contributed by atoms with Crippen molar-refractivity contribution in [3.05, 3.63) is 29.8 Å². The molecule has 2 N–H and O–H groups in total. The number of hydrogen-bond donors (Lipinski definition) is 2. The van der Waals surface area contributed by atoms with Crippen LogP contribution in [0, 0.1) is 11.8 Å². The second-order valence-corrected chi connectivity index (χ2v) is 8.61. The Morgan fingerprint density at radius 1 is 1.30 bits per heavy atom. The summed E-state index contributed by atoms with van der Waals surface area (Å²) in [6.45, 7) is 7.60. The molecule has 2 atom stereocenters. The fourth-order valence-corrected chi connectivity index (χ4v) is 4.78. The van der Waals surface area contributed by atoms with E-state index in [9.17, 15) is 4.79 Å². The van der Waals surface area contributed by atoms with Gasteiger partial charge in [-0.15, -0.1) is 24.8 Å². The van der Waals surface area contributed by atoms with Gasteiger partial charge in [-0.1, -0.05) is 25.1 Å². The minimum Gasteiger partial charge on any atom is -0.326 e. The molecule has 2 saturated heterocycles. The topological polar surface area (TPSA) is 44.4 Å². The summed E-state index contributed by atoms with van der Waals surface area (Å²) in [7, 11) is 0. The molecule has 2 aliphatic heterocycles. The standard InChI is InChI=1S/C20H31N3OS.2ClH/c1-16(17-6-4-8-21-14-17)13-20(24)22-19-7-3-2-5-18(19)15-23-9-11-25-12-10-23;;/h2-3,5,7,16-17,21H,4,6,8-15H2,1H3,(H,22,24);2*1H. The average Bonchev–Trinajstić information content (AvgIpc) is 2.65. The molecule has 1 aromatic carbocycles. The first-order chi connectivity index (χ1) is 12.2. The highest BCUT2D eigenvalue weighted by Gasteiger charge is 2.22. The number of para-hydroxylation sites is 1. The third kappa shape index (κ3) is 7.82. The molecule has 1 aromatic rings. The van der Waals surface area contributed by atoms with Crippen molar-refractivity contribution in [1.82, 2.24) is 10.2 Å². The van der Waals surface area contributed by atoms with Crippen molar-refractivity contribution in [2.75, 3.05) is 43.0 Å². The van der Waals surface area contributed by atoms with Crippen LogP contribution < -0.4 is 10.6 Å². The Hall–Kier alpha value is -0.460. The number of halogens is 2. The van der Waals surface area contributed by atoms with Gasteiger partial charge in [0.2, 0.25) is 5.91 Å². The van der Waals surface area contributed by atoms with Gasteiger partial charge in [-0.2, -0.15) is 11.8 Å². The number of anilines is 1. The lowest BCUT2D eigenvalue weighted by Crippen LogP contribution is -2.34. The number of carbonyl (C=O) groups excluding carboxylic acids is 1. The maximum atomic E-state index is 12.6. The molecule has 2 heterocycles. The predicted molar refractivity (Wildman–Crippen MR) is 122 cm³/mol. The van der Waals surface area contributed by atoms with E-state index in [-0.39, 0.29) is 30.7 Å². The van der Waals surface area contributed by atoms with Crippen LogP contribution in [0.1, 0.15) is 31.7 Å². The molecular weight excluding hydrogens is 401 g/mol. The highest BCUT2D eigenvalue weighted by Crippen LogP contribution is 2.24. The Bertz CT molecular complexity index is 564. The van der Waals surface area contributed by atoms with E-state index in [1.807, 2.05) is 23.9 Å². The number of benzene rings is 1. The maximum Gasteiger partial charge on any atom is 0.224 e. The second kappa shape index (κ2) is 12.9. The van der Waals surface area contributed by atoms with Crippen LogP contribution in [0.5, 0.6) is 0 Å². The molecule has 4 nitrogen and oxygen atoms in total. The zero-order valence-electron chi connectivity index (χ0n) is 16.1. The van der Waals surface area contributed by atoms with Crippen molar-refractivity contribution in [1.29, 1.82) is 0 Å². The Morgan fingerprint density at radius 2 is 2.04 bits per heavy atom. The van der Waals surface area contributed by atoms with Gasteiger partial charge in [0.25, 0.3) is 0 Å². The first kappa shape index (κ1) is 24.6. The van der Waals surface area contributed by atoms with Crippen LogP contribution in [0.2, 0.25) is 0 Å². The number of thioether (sulfide) groups is 1. The minimum atomic E-state index is 0. The predicted octanol–water partition coefficient (Wildman–Crippen LogP) is 4.04. The summed E-state index contributed by atoms with van der Waals surface area (Å²) in [5.41, 5.74) is 2.22. The molecule has 0 saturated carbocycles. The van der Waals surface area contributed by atoms with Crippen molar-refractivity contribution in [3.8, 4) is 0 Å². The van der Waals surface area contributed by atoms with Crippen LogP contribution in [-0.2, 0) is 11.3 Å². The maximum absolute atomic E-state index is 12.6. The van der Waals surface area contributed by atoms with Crippen LogP contribution in [0.25, 0.3) is 0 Å². The van der Waals surface area contributed by atoms with Crippen LogP contribution in [-0.4, -0.2) is 48.5 Å². The van der Waals surface area contributed by atoms with E-state index in [0.29, 0.717) is 18.3 Å². The minimum absolute atomic E-state index is 0. The van der Waals surface area contributed by atoms with Gasteiger partial charge in [0, 0.05) is 43.2 Å². The van der Waals surface area contributed by atoms with E-state index in [2.05, 4.69) is 34.6 Å². The van der Waals surface area contributed by atoms with Gasteiger partial charge in [-0.05, 0) is 49.4 Å². The molecule has 1 amide bonds. The molecule has 0 radical (unpaired) electrons. The largest absolute Gasteiger partial charge is 0.326 e. The molecule has 0 spiro atoms. The van der Waals surface area contributed by atoms with E-state index in [4.69, 9.17) is 0 Å². The normalized spacial score (nSPS) is 21.4. The monoisotopic (exact) mass is 433 g/mol. The van der Waals surface area contributed by atoms with Crippen molar-refractivity contribution in [2.45, 2.75) is 32.7 Å². The summed E-state index contributed by atoms with van der Waals surface area (Å²) in [5.74, 6) is 3.63. The van der Waals surface area contributed by atoms with Gasteiger partial charge in [0.05, 0.1) is 0 Å². The van der Waals surface area contributed by atoms with Crippen molar-refractivity contribution in [3.63, 3.8) is 0 Å². The van der Waals surface area contributed by atoms with Gasteiger partial charge < -0.3 is 10.6 Å². The van der Waals surface area contributed by atoms with Gasteiger partial charge in [-0.3, -0.25) is 9.69 Å². The lowest BCUT2D eigenvalue weighted by molar-refractivity contribution is -0.117. The lowest BCUT2D eigenvalue weighted by atomic mass is 9.85. The molecule has 2 fully saturated rings. The fourth-order valence-electron chi connectivity index (χ4n) is 3.81. The van der Waals surface area contributed by atoms with Gasteiger partial charge in [-0.25, -0.2) is 0 Å². The van der Waals surface area contributed by atoms with Crippen LogP contribution in [0.15, 0.2) is 24.3 Å². The third-order valence-corrected chi connectivity index (χ3v) is 6.38. The summed E-state index contributed by atoms with van der Waals surface area (Å²) in [4.78, 5) is 15.0. The van der Waals surface area contributed by atoms with Gasteiger partial charge in [0.15, 0.2) is 0 Å². The summed E-state index contributed by atoms with van der Waals surface area (Å²) >= 11 is 2.03. The summed E-state index contributed by atoms with van der Waals surface area (Å²) < 4.78 is 0. The molecule has 27 heavy (non-hydrogen) atoms. The molecular formula is C20H33Cl2N3OS. The van der Waals surface area contributed by atoms with Gasteiger partial charge in [0.1, 0.15) is 0 Å². The van der Waals surface area contributed by atoms with Crippen LogP contribution >= 0.6 is 36.6 Å². The van der Waals surface area contributed by atoms with Crippen molar-refractivity contribution >= 4 is 48.2 Å². The molecule has 154 valence electrons. The first-order valence-electron chi connectivity index (χ1n) is 9.61. The Kier molecular flexibility index (Phi) is 11.7. The number of nitrogens with zero attached hydrogens (tertiary/aromatic N) is 1. The zero-order chi connectivity index (χ0) is 17.5. The number of amides is 1. The summed E-state index contributed by atoms with van der Waals surface area (Å²) in [5, 5.41) is 6.63. The smallest absolute Gasteiger partial charge is 0.224 e. The quantitative estimate of drug-likeness (QED) is 0.709. The molecule has 0 aromatic heterocycles. The molecule has 7 heteroatoms. The molecule has 0 bridgehead atoms. The number of nitrogens with one attached hydrogen (secondary N) is 2. The van der Waals surface area contributed by atoms with E-state index in [0.717, 1.165) is 38.4 Å². The second-order valence-electron chi connectivity index (χ2n) is 7.38. The molecule has 2 aliphatic rings. The van der Waals surface area contributed by atoms with E-state index >= 15 is 0 Å². The van der Waals surface area contributed by atoms with E-state index in [1.54, 1.807) is 0 Å². The van der Waals surface area contributed by atoms with E-state index in [1.165, 1.54) is 29.9 Å². The summed E-state index contributed by atoms with van der Waals surface area (Å²) in [6, 6.07) is 8.27. The number of carbonyl (C=O) groups is 1. The highest BCUT2D eigenvalue weighted by atomic mass is 35.5.